The summed E-state index contributed by atoms with van der Waals surface area (Å²) >= 11 is 0. The van der Waals surface area contributed by atoms with Crippen molar-refractivity contribution in [1.29, 1.82) is 0 Å². The maximum absolute atomic E-state index is 12.4. The van der Waals surface area contributed by atoms with Gasteiger partial charge in [0.05, 0.1) is 5.56 Å². The molecule has 2 heterocycles. The first-order valence-electron chi connectivity index (χ1n) is 5.95. The molecule has 1 fully saturated rings. The summed E-state index contributed by atoms with van der Waals surface area (Å²) in [6, 6.07) is 0.746. The Bertz CT molecular complexity index is 584. The number of amides is 3. The number of hydrogen-bond acceptors (Lipinski definition) is 4. The Morgan fingerprint density at radius 1 is 1.33 bits per heavy atom. The third kappa shape index (κ3) is 3.56. The van der Waals surface area contributed by atoms with E-state index in [1.807, 2.05) is 0 Å². The topological polar surface area (TPSA) is 88.2 Å². The molecule has 1 saturated heterocycles. The van der Waals surface area contributed by atoms with Crippen molar-refractivity contribution >= 4 is 17.7 Å². The van der Waals surface area contributed by atoms with Gasteiger partial charge in [-0.1, -0.05) is 0 Å². The van der Waals surface area contributed by atoms with E-state index in [0.717, 1.165) is 12.1 Å². The molecule has 0 spiro atoms. The normalized spacial score (nSPS) is 19.1. The van der Waals surface area contributed by atoms with Gasteiger partial charge in [-0.2, -0.15) is 13.2 Å². The second-order valence-corrected chi connectivity index (χ2v) is 4.41. The highest BCUT2D eigenvalue weighted by molar-refractivity contribution is 6.03. The van der Waals surface area contributed by atoms with Crippen LogP contribution in [0.3, 0.4) is 0 Å². The summed E-state index contributed by atoms with van der Waals surface area (Å²) in [7, 11) is 0. The Morgan fingerprint density at radius 3 is 2.57 bits per heavy atom. The van der Waals surface area contributed by atoms with Gasteiger partial charge in [0.25, 0.3) is 5.91 Å². The van der Waals surface area contributed by atoms with Crippen LogP contribution in [-0.2, 0) is 15.8 Å². The molecule has 2 rings (SSSR count). The Kier molecular flexibility index (Phi) is 3.92. The van der Waals surface area contributed by atoms with Crippen molar-refractivity contribution in [3.8, 4) is 0 Å². The summed E-state index contributed by atoms with van der Waals surface area (Å²) in [5.41, 5.74) is -1.22. The average molecular weight is 301 g/mol. The largest absolute Gasteiger partial charge is 0.417 e. The molecule has 1 aliphatic rings. The Hall–Kier alpha value is -2.45. The first-order chi connectivity index (χ1) is 9.77. The van der Waals surface area contributed by atoms with E-state index < -0.39 is 35.5 Å². The van der Waals surface area contributed by atoms with Crippen LogP contribution in [0.15, 0.2) is 18.3 Å². The highest BCUT2D eigenvalue weighted by atomic mass is 19.4. The molecule has 1 aromatic rings. The van der Waals surface area contributed by atoms with Gasteiger partial charge in [-0.05, 0) is 18.6 Å². The number of nitrogens with zero attached hydrogens (tertiary/aromatic N) is 1. The third-order valence-electron chi connectivity index (χ3n) is 2.87. The van der Waals surface area contributed by atoms with Gasteiger partial charge in [-0.3, -0.25) is 24.7 Å². The van der Waals surface area contributed by atoms with E-state index in [2.05, 4.69) is 15.6 Å². The molecule has 0 aromatic carbocycles. The Morgan fingerprint density at radius 2 is 2.05 bits per heavy atom. The zero-order chi connectivity index (χ0) is 15.6. The molecule has 9 heteroatoms. The molecule has 1 aromatic heterocycles. The van der Waals surface area contributed by atoms with Gasteiger partial charge in [0, 0.05) is 12.6 Å². The third-order valence-corrected chi connectivity index (χ3v) is 2.87. The molecule has 21 heavy (non-hydrogen) atoms. The minimum absolute atomic E-state index is 0.0805. The molecule has 0 aliphatic carbocycles. The second-order valence-electron chi connectivity index (χ2n) is 4.41. The van der Waals surface area contributed by atoms with E-state index in [1.165, 1.54) is 0 Å². The lowest BCUT2D eigenvalue weighted by Crippen LogP contribution is -2.52. The monoisotopic (exact) mass is 301 g/mol. The molecule has 0 radical (unpaired) electrons. The number of carbonyl (C=O) groups is 3. The fourth-order valence-corrected chi connectivity index (χ4v) is 1.76. The first kappa shape index (κ1) is 14.9. The van der Waals surface area contributed by atoms with E-state index in [9.17, 15) is 27.6 Å². The van der Waals surface area contributed by atoms with E-state index in [0.29, 0.717) is 6.20 Å². The standard InChI is InChI=1S/C12H10F3N3O3/c13-12(14,15)6-1-2-7(16-5-6)10(20)17-8-3-4-9(19)18-11(8)21/h1-2,5,8H,3-4H2,(H,17,20)(H,18,19,21). The number of carbonyl (C=O) groups excluding carboxylic acids is 3. The average Bonchev–Trinajstić information content (AvgIpc) is 2.41. The van der Waals surface area contributed by atoms with E-state index >= 15 is 0 Å². The number of aromatic nitrogens is 1. The van der Waals surface area contributed by atoms with Crippen molar-refractivity contribution in [3.63, 3.8) is 0 Å². The van der Waals surface area contributed by atoms with Crippen LogP contribution in [0.5, 0.6) is 0 Å². The second kappa shape index (κ2) is 5.51. The number of imide groups is 1. The highest BCUT2D eigenvalue weighted by Gasteiger charge is 2.31. The quantitative estimate of drug-likeness (QED) is 0.784. The molecule has 0 bridgehead atoms. The van der Waals surface area contributed by atoms with Crippen molar-refractivity contribution in [2.45, 2.75) is 25.1 Å². The van der Waals surface area contributed by atoms with Gasteiger partial charge in [-0.25, -0.2) is 0 Å². The lowest BCUT2D eigenvalue weighted by atomic mass is 10.1. The summed E-state index contributed by atoms with van der Waals surface area (Å²) in [5, 5.41) is 4.37. The van der Waals surface area contributed by atoms with Crippen molar-refractivity contribution in [2.24, 2.45) is 0 Å². The van der Waals surface area contributed by atoms with Crippen LogP contribution in [0.2, 0.25) is 0 Å². The SMILES string of the molecule is O=C1CCC(NC(=O)c2ccc(C(F)(F)F)cn2)C(=O)N1. The van der Waals surface area contributed by atoms with Crippen LogP contribution in [0.1, 0.15) is 28.9 Å². The number of halogens is 3. The lowest BCUT2D eigenvalue weighted by Gasteiger charge is -2.21. The van der Waals surface area contributed by atoms with Gasteiger partial charge < -0.3 is 5.32 Å². The maximum Gasteiger partial charge on any atom is 0.417 e. The lowest BCUT2D eigenvalue weighted by molar-refractivity contribution is -0.138. The summed E-state index contributed by atoms with van der Waals surface area (Å²) < 4.78 is 37.1. The molecule has 3 amide bonds. The molecule has 6 nitrogen and oxygen atoms in total. The van der Waals surface area contributed by atoms with E-state index in [-0.39, 0.29) is 18.5 Å². The summed E-state index contributed by atoms with van der Waals surface area (Å²) in [6.07, 6.45) is -3.78. The van der Waals surface area contributed by atoms with Crippen LogP contribution < -0.4 is 10.6 Å². The van der Waals surface area contributed by atoms with Crippen molar-refractivity contribution in [3.05, 3.63) is 29.6 Å². The molecule has 2 N–H and O–H groups in total. The molecule has 0 saturated carbocycles. The molecule has 1 atom stereocenters. The predicted molar refractivity (Wildman–Crippen MR) is 62.9 cm³/mol. The number of nitrogens with one attached hydrogen (secondary N) is 2. The van der Waals surface area contributed by atoms with Crippen LogP contribution >= 0.6 is 0 Å². The molecular formula is C12H10F3N3O3. The van der Waals surface area contributed by atoms with Crippen LogP contribution in [0.25, 0.3) is 0 Å². The number of pyridine rings is 1. The number of alkyl halides is 3. The fourth-order valence-electron chi connectivity index (χ4n) is 1.76. The smallest absolute Gasteiger partial charge is 0.339 e. The van der Waals surface area contributed by atoms with Gasteiger partial charge >= 0.3 is 6.18 Å². The number of hydrogen-bond donors (Lipinski definition) is 2. The fraction of sp³-hybridized carbons (Fsp3) is 0.333. The Labute approximate surface area is 116 Å². The Balaban J connectivity index is 2.04. The van der Waals surface area contributed by atoms with E-state index in [4.69, 9.17) is 0 Å². The van der Waals surface area contributed by atoms with Crippen LogP contribution in [-0.4, -0.2) is 28.7 Å². The van der Waals surface area contributed by atoms with Crippen molar-refractivity contribution in [2.75, 3.05) is 0 Å². The number of rotatable bonds is 2. The highest BCUT2D eigenvalue weighted by Crippen LogP contribution is 2.28. The van der Waals surface area contributed by atoms with Gasteiger partial charge in [0.2, 0.25) is 11.8 Å². The van der Waals surface area contributed by atoms with E-state index in [1.54, 1.807) is 0 Å². The van der Waals surface area contributed by atoms with Gasteiger partial charge in [-0.15, -0.1) is 0 Å². The first-order valence-corrected chi connectivity index (χ1v) is 5.95. The molecule has 1 unspecified atom stereocenters. The molecule has 112 valence electrons. The zero-order valence-electron chi connectivity index (χ0n) is 10.5. The predicted octanol–water partition coefficient (Wildman–Crippen LogP) is 0.635. The van der Waals surface area contributed by atoms with Crippen molar-refractivity contribution in [1.82, 2.24) is 15.6 Å². The maximum atomic E-state index is 12.4. The van der Waals surface area contributed by atoms with Crippen LogP contribution in [0.4, 0.5) is 13.2 Å². The molecular weight excluding hydrogens is 291 g/mol. The minimum atomic E-state index is -4.54. The summed E-state index contributed by atoms with van der Waals surface area (Å²) in [4.78, 5) is 37.6. The summed E-state index contributed by atoms with van der Waals surface area (Å²) in [6.45, 7) is 0. The summed E-state index contributed by atoms with van der Waals surface area (Å²) in [5.74, 6) is -1.86. The van der Waals surface area contributed by atoms with Crippen molar-refractivity contribution < 1.29 is 27.6 Å². The van der Waals surface area contributed by atoms with Crippen LogP contribution in [0, 0.1) is 0 Å². The minimum Gasteiger partial charge on any atom is -0.339 e. The molecule has 1 aliphatic heterocycles. The number of piperidine rings is 1. The zero-order valence-corrected chi connectivity index (χ0v) is 10.5. The van der Waals surface area contributed by atoms with Gasteiger partial charge in [0.15, 0.2) is 0 Å². The van der Waals surface area contributed by atoms with Gasteiger partial charge in [0.1, 0.15) is 11.7 Å².